The van der Waals surface area contributed by atoms with Crippen LogP contribution in [-0.4, -0.2) is 23.6 Å². The molecular weight excluding hydrogens is 146 g/mol. The van der Waals surface area contributed by atoms with Gasteiger partial charge < -0.3 is 16.2 Å². The Labute approximate surface area is 63.6 Å². The second-order valence-electron chi connectivity index (χ2n) is 2.10. The van der Waals surface area contributed by atoms with Gasteiger partial charge in [-0.15, -0.1) is 0 Å². The third-order valence-electron chi connectivity index (χ3n) is 1.25. The summed E-state index contributed by atoms with van der Waals surface area (Å²) in [5.74, 6) is -0.846. The van der Waals surface area contributed by atoms with Crippen LogP contribution in [0, 0.1) is 0 Å². The third kappa shape index (κ3) is 1.96. The number of hydrogen-bond donors (Lipinski definition) is 3. The van der Waals surface area contributed by atoms with Crippen molar-refractivity contribution in [1.29, 1.82) is 0 Å². The Morgan fingerprint density at radius 3 is 3.18 bits per heavy atom. The van der Waals surface area contributed by atoms with Gasteiger partial charge in [0.05, 0.1) is 0 Å². The minimum atomic E-state index is -1.01. The van der Waals surface area contributed by atoms with Crippen molar-refractivity contribution in [3.8, 4) is 0 Å². The summed E-state index contributed by atoms with van der Waals surface area (Å²) in [6.45, 7) is 0.537. The Balaban J connectivity index is 2.73. The van der Waals surface area contributed by atoms with Crippen LogP contribution in [0.15, 0.2) is 16.8 Å². The van der Waals surface area contributed by atoms with Crippen molar-refractivity contribution in [2.45, 2.75) is 6.42 Å². The van der Waals surface area contributed by atoms with Crippen LogP contribution in [0.5, 0.6) is 0 Å². The van der Waals surface area contributed by atoms with Gasteiger partial charge in [0.15, 0.2) is 5.96 Å². The highest BCUT2D eigenvalue weighted by Crippen LogP contribution is 1.96. The molecule has 0 unspecified atom stereocenters. The second-order valence-corrected chi connectivity index (χ2v) is 2.10. The van der Waals surface area contributed by atoms with E-state index in [2.05, 4.69) is 10.3 Å². The highest BCUT2D eigenvalue weighted by Gasteiger charge is 2.09. The fraction of sp³-hybridized carbons (Fsp3) is 0.333. The van der Waals surface area contributed by atoms with Crippen molar-refractivity contribution in [3.63, 3.8) is 0 Å². The molecule has 1 heterocycles. The number of aliphatic carboxylic acids is 1. The number of carbonyl (C=O) groups is 1. The minimum Gasteiger partial charge on any atom is -0.477 e. The van der Waals surface area contributed by atoms with Gasteiger partial charge in [-0.2, -0.15) is 0 Å². The van der Waals surface area contributed by atoms with Gasteiger partial charge in [0.1, 0.15) is 5.70 Å². The van der Waals surface area contributed by atoms with Gasteiger partial charge in [-0.1, -0.05) is 6.08 Å². The third-order valence-corrected chi connectivity index (χ3v) is 1.25. The first-order chi connectivity index (χ1) is 5.20. The molecule has 0 spiro atoms. The molecule has 5 heteroatoms. The zero-order valence-corrected chi connectivity index (χ0v) is 5.87. The van der Waals surface area contributed by atoms with Crippen LogP contribution in [0.3, 0.4) is 0 Å². The highest BCUT2D eigenvalue weighted by molar-refractivity contribution is 5.93. The molecule has 0 fully saturated rings. The van der Waals surface area contributed by atoms with Crippen LogP contribution in [0.2, 0.25) is 0 Å². The average Bonchev–Trinajstić information content (AvgIpc) is 2.13. The van der Waals surface area contributed by atoms with Crippen molar-refractivity contribution in [2.24, 2.45) is 10.7 Å². The Morgan fingerprint density at radius 1 is 1.82 bits per heavy atom. The maximum atomic E-state index is 10.4. The molecule has 0 atom stereocenters. The number of guanidine groups is 1. The molecule has 0 aromatic carbocycles. The fourth-order valence-electron chi connectivity index (χ4n) is 0.763. The number of aliphatic imine (C=N–C) groups is 1. The smallest absolute Gasteiger partial charge is 0.352 e. The number of rotatable bonds is 1. The Kier molecular flexibility index (Phi) is 2.10. The van der Waals surface area contributed by atoms with Gasteiger partial charge >= 0.3 is 5.97 Å². The number of carboxylic acids is 1. The van der Waals surface area contributed by atoms with Crippen molar-refractivity contribution >= 4 is 11.9 Å². The van der Waals surface area contributed by atoms with E-state index >= 15 is 0 Å². The standard InChI is InChI=1S/C6H9N3O2/c7-6-8-3-1-2-4(9-6)5(10)11/h2H,1,3H2,(H,10,11)(H3,7,8,9). The monoisotopic (exact) mass is 155 g/mol. The number of hydrogen-bond acceptors (Lipinski definition) is 4. The normalized spacial score (nSPS) is 17.5. The van der Waals surface area contributed by atoms with Crippen molar-refractivity contribution < 1.29 is 9.90 Å². The lowest BCUT2D eigenvalue weighted by Crippen LogP contribution is -2.33. The first-order valence-corrected chi connectivity index (χ1v) is 3.20. The van der Waals surface area contributed by atoms with E-state index in [1.165, 1.54) is 0 Å². The SMILES string of the molecule is NC1=NCCC=C(C(=O)O)N1. The van der Waals surface area contributed by atoms with Gasteiger partial charge in [0.2, 0.25) is 0 Å². The maximum Gasteiger partial charge on any atom is 0.352 e. The largest absolute Gasteiger partial charge is 0.477 e. The van der Waals surface area contributed by atoms with E-state index in [4.69, 9.17) is 10.8 Å². The predicted octanol–water partition coefficient (Wildman–Crippen LogP) is -0.737. The lowest BCUT2D eigenvalue weighted by Gasteiger charge is -2.01. The summed E-state index contributed by atoms with van der Waals surface area (Å²) in [6.07, 6.45) is 2.17. The summed E-state index contributed by atoms with van der Waals surface area (Å²) < 4.78 is 0. The van der Waals surface area contributed by atoms with Gasteiger partial charge in [-0.05, 0) is 6.42 Å². The molecule has 5 nitrogen and oxygen atoms in total. The molecule has 1 aliphatic heterocycles. The molecule has 0 saturated carbocycles. The topological polar surface area (TPSA) is 87.7 Å². The Bertz CT molecular complexity index is 232. The Morgan fingerprint density at radius 2 is 2.55 bits per heavy atom. The summed E-state index contributed by atoms with van der Waals surface area (Å²) in [5, 5.41) is 11.0. The molecule has 11 heavy (non-hydrogen) atoms. The van der Waals surface area contributed by atoms with E-state index in [0.29, 0.717) is 13.0 Å². The number of nitrogens with one attached hydrogen (secondary N) is 1. The van der Waals surface area contributed by atoms with Gasteiger partial charge in [-0.25, -0.2) is 4.79 Å². The first kappa shape index (κ1) is 7.59. The lowest BCUT2D eigenvalue weighted by atomic mass is 10.3. The van der Waals surface area contributed by atoms with Crippen LogP contribution < -0.4 is 11.1 Å². The predicted molar refractivity (Wildman–Crippen MR) is 40.0 cm³/mol. The molecule has 0 radical (unpaired) electrons. The van der Waals surface area contributed by atoms with Crippen LogP contribution >= 0.6 is 0 Å². The van der Waals surface area contributed by atoms with Crippen LogP contribution in [0.1, 0.15) is 6.42 Å². The van der Waals surface area contributed by atoms with Crippen molar-refractivity contribution in [2.75, 3.05) is 6.54 Å². The quantitative estimate of drug-likeness (QED) is 0.465. The van der Waals surface area contributed by atoms with E-state index in [1.807, 2.05) is 0 Å². The summed E-state index contributed by atoms with van der Waals surface area (Å²) in [6, 6.07) is 0. The number of nitrogens with two attached hydrogens (primary N) is 1. The second kappa shape index (κ2) is 3.05. The zero-order chi connectivity index (χ0) is 8.27. The number of carboxylic acid groups (broad SMARTS) is 1. The molecule has 4 N–H and O–H groups in total. The first-order valence-electron chi connectivity index (χ1n) is 3.20. The summed E-state index contributed by atoms with van der Waals surface area (Å²) >= 11 is 0. The lowest BCUT2D eigenvalue weighted by molar-refractivity contribution is -0.132. The molecule has 0 aromatic heterocycles. The minimum absolute atomic E-state index is 0.101. The summed E-state index contributed by atoms with van der Waals surface area (Å²) in [4.78, 5) is 14.2. The van der Waals surface area contributed by atoms with Crippen LogP contribution in [0.4, 0.5) is 0 Å². The molecule has 0 bridgehead atoms. The molecule has 60 valence electrons. The van der Waals surface area contributed by atoms with Gasteiger partial charge in [-0.3, -0.25) is 4.99 Å². The summed E-state index contributed by atoms with van der Waals surface area (Å²) in [7, 11) is 0. The molecule has 0 aromatic rings. The highest BCUT2D eigenvalue weighted by atomic mass is 16.4. The Hall–Kier alpha value is -1.52. The van der Waals surface area contributed by atoms with Crippen molar-refractivity contribution in [1.82, 2.24) is 5.32 Å². The van der Waals surface area contributed by atoms with Gasteiger partial charge in [0.25, 0.3) is 0 Å². The van der Waals surface area contributed by atoms with E-state index < -0.39 is 5.97 Å². The molecular formula is C6H9N3O2. The van der Waals surface area contributed by atoms with E-state index in [0.717, 1.165) is 0 Å². The average molecular weight is 155 g/mol. The molecule has 1 aliphatic rings. The van der Waals surface area contributed by atoms with E-state index in [-0.39, 0.29) is 11.7 Å². The molecule has 0 amide bonds. The zero-order valence-electron chi connectivity index (χ0n) is 5.87. The van der Waals surface area contributed by atoms with Gasteiger partial charge in [0, 0.05) is 6.54 Å². The molecule has 0 saturated heterocycles. The maximum absolute atomic E-state index is 10.4. The van der Waals surface area contributed by atoms with Crippen LogP contribution in [-0.2, 0) is 4.79 Å². The summed E-state index contributed by atoms with van der Waals surface area (Å²) in [5.41, 5.74) is 5.40. The molecule has 1 rings (SSSR count). The van der Waals surface area contributed by atoms with Crippen molar-refractivity contribution in [3.05, 3.63) is 11.8 Å². The number of nitrogens with zero attached hydrogens (tertiary/aromatic N) is 1. The van der Waals surface area contributed by atoms with E-state index in [9.17, 15) is 4.79 Å². The van der Waals surface area contributed by atoms with E-state index in [1.54, 1.807) is 6.08 Å². The molecule has 0 aliphatic carbocycles. The van der Waals surface area contributed by atoms with Crippen LogP contribution in [0.25, 0.3) is 0 Å². The fourth-order valence-corrected chi connectivity index (χ4v) is 0.763.